The maximum absolute atomic E-state index is 12.6. The van der Waals surface area contributed by atoms with E-state index in [0.29, 0.717) is 23.4 Å². The van der Waals surface area contributed by atoms with Crippen LogP contribution in [-0.4, -0.2) is 34.4 Å². The normalized spacial score (nSPS) is 11.5. The molecule has 0 aliphatic rings. The highest BCUT2D eigenvalue weighted by atomic mass is 79.9. The Morgan fingerprint density at radius 1 is 1.42 bits per heavy atom. The van der Waals surface area contributed by atoms with E-state index in [9.17, 15) is 13.2 Å². The van der Waals surface area contributed by atoms with Crippen LogP contribution < -0.4 is 5.32 Å². The Balaban J connectivity index is 2.15. The predicted octanol–water partition coefficient (Wildman–Crippen LogP) is 2.56. The van der Waals surface area contributed by atoms with Gasteiger partial charge in [0, 0.05) is 22.8 Å². The van der Waals surface area contributed by atoms with Crippen LogP contribution in [0, 0.1) is 6.92 Å². The number of halogens is 1. The van der Waals surface area contributed by atoms with E-state index in [4.69, 9.17) is 4.55 Å². The smallest absolute Gasteiger partial charge is 0.274 e. The lowest BCUT2D eigenvalue weighted by Gasteiger charge is -2.10. The first-order valence-corrected chi connectivity index (χ1v) is 9.61. The van der Waals surface area contributed by atoms with Gasteiger partial charge in [-0.2, -0.15) is 13.5 Å². The average Bonchev–Trinajstić information content (AvgIpc) is 2.81. The maximum Gasteiger partial charge on any atom is 0.274 e. The predicted molar refractivity (Wildman–Crippen MR) is 94.8 cm³/mol. The van der Waals surface area contributed by atoms with Crippen molar-refractivity contribution in [1.82, 2.24) is 9.78 Å². The number of hydrogen-bond acceptors (Lipinski definition) is 4. The third-order valence-corrected chi connectivity index (χ3v) is 4.81. The summed E-state index contributed by atoms with van der Waals surface area (Å²) in [5, 5.41) is 6.91. The van der Waals surface area contributed by atoms with Gasteiger partial charge in [-0.3, -0.25) is 14.0 Å². The van der Waals surface area contributed by atoms with E-state index >= 15 is 0 Å². The fraction of sp³-hybridized carbons (Fsp3) is 0.333. The van der Waals surface area contributed by atoms with E-state index in [1.807, 2.05) is 19.1 Å². The molecule has 130 valence electrons. The van der Waals surface area contributed by atoms with Gasteiger partial charge in [0.05, 0.1) is 11.9 Å². The quantitative estimate of drug-likeness (QED) is 0.705. The highest BCUT2D eigenvalue weighted by Gasteiger charge is 2.18. The topological polar surface area (TPSA) is 101 Å². The van der Waals surface area contributed by atoms with E-state index < -0.39 is 10.1 Å². The number of aromatic nitrogens is 2. The maximum atomic E-state index is 12.6. The molecule has 0 unspecified atom stereocenters. The minimum absolute atomic E-state index is 0.210. The number of benzene rings is 1. The highest BCUT2D eigenvalue weighted by Crippen LogP contribution is 2.21. The van der Waals surface area contributed by atoms with Crippen molar-refractivity contribution in [3.63, 3.8) is 0 Å². The lowest BCUT2D eigenvalue weighted by Crippen LogP contribution is -2.18. The van der Waals surface area contributed by atoms with Crippen LogP contribution >= 0.6 is 15.9 Å². The number of rotatable bonds is 6. The number of carbonyl (C=O) groups excluding carboxylic acids is 1. The second kappa shape index (κ2) is 7.45. The zero-order valence-electron chi connectivity index (χ0n) is 13.3. The van der Waals surface area contributed by atoms with Gasteiger partial charge in [0.15, 0.2) is 0 Å². The van der Waals surface area contributed by atoms with Gasteiger partial charge in [0.2, 0.25) is 0 Å². The number of carbonyl (C=O) groups is 1. The molecule has 1 aromatic heterocycles. The first-order valence-electron chi connectivity index (χ1n) is 7.21. The van der Waals surface area contributed by atoms with Crippen molar-refractivity contribution in [3.8, 4) is 0 Å². The second-order valence-corrected chi connectivity index (χ2v) is 7.93. The molecule has 0 aliphatic carbocycles. The van der Waals surface area contributed by atoms with Gasteiger partial charge in [0.25, 0.3) is 16.0 Å². The monoisotopic (exact) mass is 415 g/mol. The fourth-order valence-corrected chi connectivity index (χ4v) is 3.34. The Labute approximate surface area is 148 Å². The number of amides is 1. The molecule has 24 heavy (non-hydrogen) atoms. The van der Waals surface area contributed by atoms with Crippen LogP contribution in [0.2, 0.25) is 0 Å². The van der Waals surface area contributed by atoms with Crippen LogP contribution in [0.1, 0.15) is 28.0 Å². The molecule has 7 nitrogen and oxygen atoms in total. The van der Waals surface area contributed by atoms with Crippen molar-refractivity contribution in [2.24, 2.45) is 7.05 Å². The summed E-state index contributed by atoms with van der Waals surface area (Å²) in [6.07, 6.45) is 2.07. The molecule has 0 saturated carbocycles. The SMILES string of the molecule is Cc1cc(Br)ccc1NC(=O)c1c(CCCS(=O)(=O)O)cnn1C. The van der Waals surface area contributed by atoms with E-state index in [1.165, 1.54) is 10.9 Å². The van der Waals surface area contributed by atoms with Crippen molar-refractivity contribution in [2.45, 2.75) is 19.8 Å². The second-order valence-electron chi connectivity index (χ2n) is 5.44. The first-order chi connectivity index (χ1) is 11.2. The summed E-state index contributed by atoms with van der Waals surface area (Å²) in [6, 6.07) is 5.52. The molecule has 2 aromatic rings. The van der Waals surface area contributed by atoms with Gasteiger partial charge < -0.3 is 5.32 Å². The summed E-state index contributed by atoms with van der Waals surface area (Å²) in [6.45, 7) is 1.89. The Hall–Kier alpha value is -1.71. The molecule has 1 heterocycles. The summed E-state index contributed by atoms with van der Waals surface area (Å²) < 4.78 is 32.8. The molecule has 0 bridgehead atoms. The summed E-state index contributed by atoms with van der Waals surface area (Å²) >= 11 is 3.37. The Bertz CT molecular complexity index is 862. The van der Waals surface area contributed by atoms with Gasteiger partial charge in [-0.15, -0.1) is 0 Å². The number of aryl methyl sites for hydroxylation is 3. The standard InChI is InChI=1S/C15H18BrN3O4S/c1-10-8-12(16)5-6-13(10)18-15(20)14-11(9-17-19(14)2)4-3-7-24(21,22)23/h5-6,8-9H,3-4,7H2,1-2H3,(H,18,20)(H,21,22,23). The van der Waals surface area contributed by atoms with Gasteiger partial charge in [-0.1, -0.05) is 15.9 Å². The van der Waals surface area contributed by atoms with Gasteiger partial charge in [-0.25, -0.2) is 0 Å². The Kier molecular flexibility index (Phi) is 5.79. The Morgan fingerprint density at radius 3 is 2.75 bits per heavy atom. The summed E-state index contributed by atoms with van der Waals surface area (Å²) in [7, 11) is -2.36. The third-order valence-electron chi connectivity index (χ3n) is 3.51. The van der Waals surface area contributed by atoms with E-state index in [-0.39, 0.29) is 18.1 Å². The molecule has 2 rings (SSSR count). The molecule has 2 N–H and O–H groups in total. The lowest BCUT2D eigenvalue weighted by molar-refractivity contribution is 0.101. The van der Waals surface area contributed by atoms with Crippen LogP contribution in [-0.2, 0) is 23.6 Å². The van der Waals surface area contributed by atoms with Crippen molar-refractivity contribution < 1.29 is 17.8 Å². The molecule has 0 saturated heterocycles. The van der Waals surface area contributed by atoms with Gasteiger partial charge in [0.1, 0.15) is 5.69 Å². The minimum Gasteiger partial charge on any atom is -0.320 e. The zero-order valence-corrected chi connectivity index (χ0v) is 15.7. The number of hydrogen-bond donors (Lipinski definition) is 2. The highest BCUT2D eigenvalue weighted by molar-refractivity contribution is 9.10. The molecular formula is C15H18BrN3O4S. The lowest BCUT2D eigenvalue weighted by atomic mass is 10.1. The molecule has 0 atom stereocenters. The molecule has 1 aromatic carbocycles. The molecule has 0 aliphatic heterocycles. The fourth-order valence-electron chi connectivity index (χ4n) is 2.35. The van der Waals surface area contributed by atoms with E-state index in [0.717, 1.165) is 10.0 Å². The summed E-state index contributed by atoms with van der Waals surface area (Å²) in [4.78, 5) is 12.6. The van der Waals surface area contributed by atoms with Crippen LogP contribution in [0.3, 0.4) is 0 Å². The van der Waals surface area contributed by atoms with E-state index in [1.54, 1.807) is 13.1 Å². The largest absolute Gasteiger partial charge is 0.320 e. The van der Waals surface area contributed by atoms with Crippen molar-refractivity contribution in [3.05, 3.63) is 45.7 Å². The molecule has 0 fully saturated rings. The van der Waals surface area contributed by atoms with Gasteiger partial charge >= 0.3 is 0 Å². The van der Waals surface area contributed by atoms with Crippen LogP contribution in [0.25, 0.3) is 0 Å². The molecule has 9 heteroatoms. The van der Waals surface area contributed by atoms with Gasteiger partial charge in [-0.05, 0) is 43.5 Å². The third kappa shape index (κ3) is 4.89. The minimum atomic E-state index is -4.01. The van der Waals surface area contributed by atoms with Crippen molar-refractivity contribution >= 4 is 37.6 Å². The number of nitrogens with one attached hydrogen (secondary N) is 1. The van der Waals surface area contributed by atoms with Crippen LogP contribution in [0.15, 0.2) is 28.9 Å². The summed E-state index contributed by atoms with van der Waals surface area (Å²) in [5.41, 5.74) is 2.60. The zero-order chi connectivity index (χ0) is 17.9. The van der Waals surface area contributed by atoms with Crippen molar-refractivity contribution in [2.75, 3.05) is 11.1 Å². The molecule has 1 amide bonds. The van der Waals surface area contributed by atoms with E-state index in [2.05, 4.69) is 26.3 Å². The molecular weight excluding hydrogens is 398 g/mol. The number of nitrogens with zero attached hydrogens (tertiary/aromatic N) is 2. The average molecular weight is 416 g/mol. The summed E-state index contributed by atoms with van der Waals surface area (Å²) in [5.74, 6) is -0.670. The van der Waals surface area contributed by atoms with Crippen LogP contribution in [0.4, 0.5) is 5.69 Å². The van der Waals surface area contributed by atoms with Crippen LogP contribution in [0.5, 0.6) is 0 Å². The van der Waals surface area contributed by atoms with Crippen molar-refractivity contribution in [1.29, 1.82) is 0 Å². The molecule has 0 spiro atoms. The Morgan fingerprint density at radius 2 is 2.12 bits per heavy atom. The number of anilines is 1. The molecule has 0 radical (unpaired) electrons. The first kappa shape index (κ1) is 18.6.